The Morgan fingerprint density at radius 2 is 2.00 bits per heavy atom. The zero-order valence-corrected chi connectivity index (χ0v) is 13.5. The van der Waals surface area contributed by atoms with Gasteiger partial charge in [0.2, 0.25) is 11.9 Å². The van der Waals surface area contributed by atoms with E-state index in [0.717, 1.165) is 16.6 Å². The number of para-hydroxylation sites is 2. The van der Waals surface area contributed by atoms with E-state index < -0.39 is 23.8 Å². The molecule has 3 heterocycles. The van der Waals surface area contributed by atoms with Crippen LogP contribution in [0.15, 0.2) is 48.8 Å². The van der Waals surface area contributed by atoms with Crippen molar-refractivity contribution in [3.05, 3.63) is 54.4 Å². The van der Waals surface area contributed by atoms with Gasteiger partial charge < -0.3 is 9.30 Å². The summed E-state index contributed by atoms with van der Waals surface area (Å²) in [5.41, 5.74) is 2.39. The van der Waals surface area contributed by atoms with Crippen LogP contribution in [0.25, 0.3) is 11.0 Å². The average Bonchev–Trinajstić information content (AvgIpc) is 2.99. The summed E-state index contributed by atoms with van der Waals surface area (Å²) in [6, 6.07) is 10.6. The van der Waals surface area contributed by atoms with Gasteiger partial charge in [-0.15, -0.1) is 0 Å². The van der Waals surface area contributed by atoms with E-state index in [-0.39, 0.29) is 6.61 Å². The monoisotopic (exact) mass is 336 g/mol. The number of nitrogens with one attached hydrogen (secondary N) is 1. The van der Waals surface area contributed by atoms with E-state index in [2.05, 4.69) is 15.3 Å². The van der Waals surface area contributed by atoms with Crippen LogP contribution in [0, 0.1) is 5.92 Å². The van der Waals surface area contributed by atoms with Crippen molar-refractivity contribution in [1.82, 2.24) is 14.5 Å². The number of ether oxygens (including phenoxy) is 1. The van der Waals surface area contributed by atoms with Gasteiger partial charge in [0, 0.05) is 12.4 Å². The molecule has 1 N–H and O–H groups in total. The average molecular weight is 336 g/mol. The van der Waals surface area contributed by atoms with Gasteiger partial charge in [0.05, 0.1) is 23.7 Å². The summed E-state index contributed by atoms with van der Waals surface area (Å²) in [5.74, 6) is -1.53. The summed E-state index contributed by atoms with van der Waals surface area (Å²) in [6.07, 6.45) is 3.28. The molecule has 0 saturated carbocycles. The van der Waals surface area contributed by atoms with Crippen molar-refractivity contribution in [2.45, 2.75) is 13.0 Å². The normalized spacial score (nSPS) is 19.3. The molecule has 126 valence electrons. The summed E-state index contributed by atoms with van der Waals surface area (Å²) < 4.78 is 7.04. The SMILES string of the molecule is CCOC(=O)[C@H]1C(=O)Nc2nc3ccccc3n2[C@H]1c1ccncc1. The molecule has 0 aliphatic carbocycles. The molecule has 0 saturated heterocycles. The molecule has 0 radical (unpaired) electrons. The van der Waals surface area contributed by atoms with Crippen molar-refractivity contribution in [2.75, 3.05) is 11.9 Å². The van der Waals surface area contributed by atoms with Crippen molar-refractivity contribution < 1.29 is 14.3 Å². The first-order valence-corrected chi connectivity index (χ1v) is 8.05. The summed E-state index contributed by atoms with van der Waals surface area (Å²) in [5, 5.41) is 2.73. The number of rotatable bonds is 3. The Balaban J connectivity index is 1.96. The lowest BCUT2D eigenvalue weighted by Gasteiger charge is -2.32. The van der Waals surface area contributed by atoms with E-state index in [4.69, 9.17) is 4.74 Å². The van der Waals surface area contributed by atoms with Crippen molar-refractivity contribution in [2.24, 2.45) is 5.92 Å². The Labute approximate surface area is 143 Å². The molecule has 3 aromatic rings. The molecule has 0 spiro atoms. The molecule has 0 bridgehead atoms. The summed E-state index contributed by atoms with van der Waals surface area (Å²) in [4.78, 5) is 33.7. The van der Waals surface area contributed by atoms with E-state index in [1.54, 1.807) is 31.5 Å². The van der Waals surface area contributed by atoms with E-state index >= 15 is 0 Å². The number of carbonyl (C=O) groups excluding carboxylic acids is 2. The van der Waals surface area contributed by atoms with Crippen LogP contribution in [0.2, 0.25) is 0 Å². The third kappa shape index (κ3) is 2.44. The van der Waals surface area contributed by atoms with Crippen LogP contribution in [0.1, 0.15) is 18.5 Å². The number of aromatic nitrogens is 3. The molecule has 1 aliphatic rings. The van der Waals surface area contributed by atoms with E-state index in [1.807, 2.05) is 28.8 Å². The van der Waals surface area contributed by atoms with Crippen LogP contribution in [0.5, 0.6) is 0 Å². The summed E-state index contributed by atoms with van der Waals surface area (Å²) in [7, 11) is 0. The number of pyridine rings is 1. The van der Waals surface area contributed by atoms with E-state index in [9.17, 15) is 9.59 Å². The fourth-order valence-corrected chi connectivity index (χ4v) is 3.26. The second-order valence-electron chi connectivity index (χ2n) is 5.74. The van der Waals surface area contributed by atoms with Crippen molar-refractivity contribution in [3.63, 3.8) is 0 Å². The van der Waals surface area contributed by atoms with Gasteiger partial charge in [-0.2, -0.15) is 0 Å². The van der Waals surface area contributed by atoms with Crippen molar-refractivity contribution >= 4 is 28.9 Å². The smallest absolute Gasteiger partial charge is 0.321 e. The molecule has 4 rings (SSSR count). The maximum Gasteiger partial charge on any atom is 0.321 e. The molecule has 2 aromatic heterocycles. The minimum absolute atomic E-state index is 0.212. The Kier molecular flexibility index (Phi) is 3.68. The Hall–Kier alpha value is -3.22. The van der Waals surface area contributed by atoms with Gasteiger partial charge in [-0.05, 0) is 36.8 Å². The first kappa shape index (κ1) is 15.3. The van der Waals surface area contributed by atoms with Gasteiger partial charge >= 0.3 is 5.97 Å². The van der Waals surface area contributed by atoms with E-state index in [1.165, 1.54) is 0 Å². The highest BCUT2D eigenvalue weighted by Crippen LogP contribution is 2.38. The quantitative estimate of drug-likeness (QED) is 0.585. The third-order valence-corrected chi connectivity index (χ3v) is 4.30. The van der Waals surface area contributed by atoms with Gasteiger partial charge in [-0.25, -0.2) is 4.98 Å². The molecule has 1 aliphatic heterocycles. The molecule has 1 amide bonds. The Bertz CT molecular complexity index is 951. The van der Waals surface area contributed by atoms with E-state index in [0.29, 0.717) is 5.95 Å². The zero-order valence-electron chi connectivity index (χ0n) is 13.5. The molecule has 0 unspecified atom stereocenters. The van der Waals surface area contributed by atoms with Crippen LogP contribution < -0.4 is 5.32 Å². The molecule has 25 heavy (non-hydrogen) atoms. The van der Waals surface area contributed by atoms with Crippen LogP contribution in [-0.4, -0.2) is 33.0 Å². The number of carbonyl (C=O) groups is 2. The fourth-order valence-electron chi connectivity index (χ4n) is 3.26. The lowest BCUT2D eigenvalue weighted by Crippen LogP contribution is -2.43. The minimum atomic E-state index is -0.993. The third-order valence-electron chi connectivity index (χ3n) is 4.30. The van der Waals surface area contributed by atoms with Crippen LogP contribution in [-0.2, 0) is 14.3 Å². The number of amides is 1. The van der Waals surface area contributed by atoms with Gasteiger partial charge in [-0.3, -0.25) is 19.9 Å². The first-order valence-electron chi connectivity index (χ1n) is 8.05. The molecular weight excluding hydrogens is 320 g/mol. The van der Waals surface area contributed by atoms with Crippen LogP contribution >= 0.6 is 0 Å². The highest BCUT2D eigenvalue weighted by molar-refractivity contribution is 6.07. The van der Waals surface area contributed by atoms with Gasteiger partial charge in [0.25, 0.3) is 0 Å². The number of anilines is 1. The number of nitrogens with zero attached hydrogens (tertiary/aromatic N) is 3. The predicted molar refractivity (Wildman–Crippen MR) is 90.9 cm³/mol. The van der Waals surface area contributed by atoms with Gasteiger partial charge in [0.1, 0.15) is 0 Å². The second-order valence-corrected chi connectivity index (χ2v) is 5.74. The lowest BCUT2D eigenvalue weighted by atomic mass is 9.91. The molecule has 1 aromatic carbocycles. The zero-order chi connectivity index (χ0) is 17.4. The minimum Gasteiger partial charge on any atom is -0.465 e. The maximum atomic E-state index is 12.7. The summed E-state index contributed by atoms with van der Waals surface area (Å²) in [6.45, 7) is 1.93. The molecule has 2 atom stereocenters. The first-order chi connectivity index (χ1) is 12.2. The predicted octanol–water partition coefficient (Wildman–Crippen LogP) is 2.15. The second kappa shape index (κ2) is 6.01. The Morgan fingerprint density at radius 3 is 2.76 bits per heavy atom. The molecular formula is C18H16N4O3. The number of imidazole rings is 1. The van der Waals surface area contributed by atoms with Gasteiger partial charge in [0.15, 0.2) is 5.92 Å². The fraction of sp³-hybridized carbons (Fsp3) is 0.222. The number of benzene rings is 1. The number of esters is 1. The van der Waals surface area contributed by atoms with Crippen molar-refractivity contribution in [1.29, 1.82) is 0 Å². The molecule has 0 fully saturated rings. The topological polar surface area (TPSA) is 86.1 Å². The van der Waals surface area contributed by atoms with Crippen LogP contribution in [0.4, 0.5) is 5.95 Å². The van der Waals surface area contributed by atoms with Crippen molar-refractivity contribution in [3.8, 4) is 0 Å². The molecule has 7 nitrogen and oxygen atoms in total. The number of hydrogen-bond donors (Lipinski definition) is 1. The highest BCUT2D eigenvalue weighted by atomic mass is 16.5. The number of fused-ring (bicyclic) bond motifs is 3. The summed E-state index contributed by atoms with van der Waals surface area (Å²) >= 11 is 0. The Morgan fingerprint density at radius 1 is 1.24 bits per heavy atom. The molecule has 7 heteroatoms. The lowest BCUT2D eigenvalue weighted by molar-refractivity contribution is -0.152. The van der Waals surface area contributed by atoms with Crippen LogP contribution in [0.3, 0.4) is 0 Å². The highest BCUT2D eigenvalue weighted by Gasteiger charge is 2.44. The largest absolute Gasteiger partial charge is 0.465 e. The maximum absolute atomic E-state index is 12.7. The standard InChI is InChI=1S/C18H16N4O3/c1-2-25-17(24)14-15(11-7-9-19-10-8-11)22-13-6-4-3-5-12(13)20-18(22)21-16(14)23/h3-10,14-15H,2H2,1H3,(H,20,21,23)/t14-,15+/m1/s1. The number of hydrogen-bond acceptors (Lipinski definition) is 5. The van der Waals surface area contributed by atoms with Gasteiger partial charge in [-0.1, -0.05) is 12.1 Å².